The molecule has 1 aromatic heterocycles. The van der Waals surface area contributed by atoms with Crippen molar-refractivity contribution in [3.05, 3.63) is 87.2 Å². The van der Waals surface area contributed by atoms with Crippen LogP contribution in [0, 0.1) is 41.5 Å². The van der Waals surface area contributed by atoms with Gasteiger partial charge in [0.2, 0.25) is 0 Å². The Morgan fingerprint density at radius 1 is 0.606 bits per heavy atom. The Bertz CT molecular complexity index is 1050. The van der Waals surface area contributed by atoms with Gasteiger partial charge >= 0.3 is 17.1 Å². The van der Waals surface area contributed by atoms with Gasteiger partial charge in [0.15, 0.2) is 0 Å². The molecule has 0 N–H and O–H groups in total. The maximum absolute atomic E-state index is 4.91. The summed E-state index contributed by atoms with van der Waals surface area (Å²) < 4.78 is 0. The Kier molecular flexibility index (Phi) is 12.3. The molecular weight excluding hydrogens is 493 g/mol. The third-order valence-electron chi connectivity index (χ3n) is 5.32. The first kappa shape index (κ1) is 31.0. The predicted octanol–water partition coefficient (Wildman–Crippen LogP) is 1.22. The van der Waals surface area contributed by atoms with Crippen LogP contribution >= 0.6 is 0 Å². The number of benzene rings is 2. The summed E-state index contributed by atoms with van der Waals surface area (Å²) >= 11 is 0. The molecule has 0 aliphatic heterocycles. The van der Waals surface area contributed by atoms with E-state index in [0.717, 1.165) is 34.2 Å². The number of aliphatic imine (C=N–C) groups is 2. The van der Waals surface area contributed by atoms with Crippen molar-refractivity contribution in [2.24, 2.45) is 9.98 Å². The van der Waals surface area contributed by atoms with Crippen LogP contribution in [0.2, 0.25) is 0 Å². The minimum Gasteiger partial charge on any atom is -1.00 e. The molecule has 0 saturated carbocycles. The second-order valence-electron chi connectivity index (χ2n) is 8.30. The van der Waals surface area contributed by atoms with Crippen molar-refractivity contribution in [2.45, 2.75) is 55.4 Å². The number of nitrogens with zero attached hydrogens (tertiary/aromatic N) is 3. The fourth-order valence-electron chi connectivity index (χ4n) is 3.99. The van der Waals surface area contributed by atoms with Gasteiger partial charge in [0, 0.05) is 0 Å². The zero-order chi connectivity index (χ0) is 22.0. The molecule has 1 heterocycles. The Hall–Kier alpha value is -1.97. The summed E-state index contributed by atoms with van der Waals surface area (Å²) in [7, 11) is 0. The van der Waals surface area contributed by atoms with Gasteiger partial charge in [0.1, 0.15) is 0 Å². The molecule has 0 saturated heterocycles. The predicted molar refractivity (Wildman–Crippen MR) is 129 cm³/mol. The van der Waals surface area contributed by atoms with Crippen LogP contribution < -0.4 is 24.8 Å². The van der Waals surface area contributed by atoms with Gasteiger partial charge in [0.25, 0.3) is 0 Å². The van der Waals surface area contributed by atoms with Crippen LogP contribution in [0.25, 0.3) is 0 Å². The Morgan fingerprint density at radius 2 is 0.909 bits per heavy atom. The molecule has 0 spiro atoms. The van der Waals surface area contributed by atoms with E-state index in [9.17, 15) is 0 Å². The van der Waals surface area contributed by atoms with Gasteiger partial charge < -0.3 is 24.8 Å². The summed E-state index contributed by atoms with van der Waals surface area (Å²) in [5, 5.41) is 0. The van der Waals surface area contributed by atoms with Gasteiger partial charge in [-0.2, -0.15) is 0 Å². The van der Waals surface area contributed by atoms with Gasteiger partial charge in [-0.15, -0.1) is 0 Å². The van der Waals surface area contributed by atoms with E-state index in [1.54, 1.807) is 0 Å². The summed E-state index contributed by atoms with van der Waals surface area (Å²) in [4.78, 5) is 14.7. The maximum atomic E-state index is 4.91. The van der Waals surface area contributed by atoms with E-state index in [0.29, 0.717) is 0 Å². The second kappa shape index (κ2) is 13.1. The van der Waals surface area contributed by atoms with Crippen molar-refractivity contribution >= 4 is 22.8 Å². The minimum absolute atomic E-state index is 0. The molecule has 3 nitrogen and oxygen atoms in total. The first-order valence-electron chi connectivity index (χ1n) is 10.4. The Balaban J connectivity index is 0.00000341. The molecule has 0 aliphatic carbocycles. The molecule has 0 bridgehead atoms. The SMILES string of the molecule is C/C(=N\c1c(C)cc(C)cc1C)c1cccc(/C(C)=N/c2c(C)cc(C)cc2C)n1.[Cl-].[Cl-].[Fe+2]. The summed E-state index contributed by atoms with van der Waals surface area (Å²) in [6.45, 7) is 16.7. The first-order valence-corrected chi connectivity index (χ1v) is 10.4. The third-order valence-corrected chi connectivity index (χ3v) is 5.32. The van der Waals surface area contributed by atoms with Crippen LogP contribution in [0.4, 0.5) is 11.4 Å². The maximum Gasteiger partial charge on any atom is 2.00 e. The fraction of sp³-hybridized carbons (Fsp3) is 0.296. The van der Waals surface area contributed by atoms with Crippen molar-refractivity contribution in [1.29, 1.82) is 0 Å². The number of hydrogen-bond acceptors (Lipinski definition) is 3. The van der Waals surface area contributed by atoms with Crippen LogP contribution in [0.3, 0.4) is 0 Å². The molecule has 176 valence electrons. The molecule has 0 amide bonds. The average Bonchev–Trinajstić information content (AvgIpc) is 2.67. The van der Waals surface area contributed by atoms with Gasteiger partial charge in [-0.05, 0) is 89.8 Å². The summed E-state index contributed by atoms with van der Waals surface area (Å²) in [5.74, 6) is 0. The number of hydrogen-bond donors (Lipinski definition) is 0. The van der Waals surface area contributed by atoms with E-state index in [2.05, 4.69) is 65.8 Å². The molecule has 33 heavy (non-hydrogen) atoms. The van der Waals surface area contributed by atoms with E-state index >= 15 is 0 Å². The van der Waals surface area contributed by atoms with Crippen LogP contribution in [-0.4, -0.2) is 16.4 Å². The molecule has 0 radical (unpaired) electrons. The fourth-order valence-corrected chi connectivity index (χ4v) is 3.99. The normalized spacial score (nSPS) is 11.3. The zero-order valence-electron chi connectivity index (χ0n) is 20.5. The first-order chi connectivity index (χ1) is 14.2. The number of halogens is 2. The van der Waals surface area contributed by atoms with Crippen molar-refractivity contribution in [3.63, 3.8) is 0 Å². The van der Waals surface area contributed by atoms with Crippen molar-refractivity contribution in [3.8, 4) is 0 Å². The second-order valence-corrected chi connectivity index (χ2v) is 8.30. The summed E-state index contributed by atoms with van der Waals surface area (Å²) in [5.41, 5.74) is 12.9. The number of aryl methyl sites for hydroxylation is 6. The molecule has 2 aromatic carbocycles. The van der Waals surface area contributed by atoms with Gasteiger partial charge in [0.05, 0.1) is 34.2 Å². The van der Waals surface area contributed by atoms with Crippen molar-refractivity contribution in [2.75, 3.05) is 0 Å². The number of rotatable bonds is 4. The number of aromatic nitrogens is 1. The van der Waals surface area contributed by atoms with Gasteiger partial charge in [-0.1, -0.05) is 41.5 Å². The molecule has 3 aromatic rings. The largest absolute Gasteiger partial charge is 2.00 e. The molecule has 3 rings (SSSR count). The van der Waals surface area contributed by atoms with E-state index < -0.39 is 0 Å². The Labute approximate surface area is 221 Å². The topological polar surface area (TPSA) is 37.6 Å². The van der Waals surface area contributed by atoms with Crippen LogP contribution in [0.15, 0.2) is 52.4 Å². The summed E-state index contributed by atoms with van der Waals surface area (Å²) in [6, 6.07) is 14.7. The number of pyridine rings is 1. The molecule has 0 fully saturated rings. The van der Waals surface area contributed by atoms with Crippen LogP contribution in [-0.2, 0) is 17.1 Å². The van der Waals surface area contributed by atoms with Crippen molar-refractivity contribution in [1.82, 2.24) is 4.98 Å². The van der Waals surface area contributed by atoms with E-state index in [4.69, 9.17) is 15.0 Å². The van der Waals surface area contributed by atoms with E-state index in [-0.39, 0.29) is 41.9 Å². The zero-order valence-corrected chi connectivity index (χ0v) is 23.1. The van der Waals surface area contributed by atoms with Crippen LogP contribution in [0.5, 0.6) is 0 Å². The van der Waals surface area contributed by atoms with Crippen LogP contribution in [0.1, 0.15) is 58.6 Å². The average molecular weight is 524 g/mol. The van der Waals surface area contributed by atoms with Gasteiger partial charge in [-0.25, -0.2) is 4.98 Å². The smallest absolute Gasteiger partial charge is 1.00 e. The molecular formula is C27H31Cl2FeN3. The van der Waals surface area contributed by atoms with Gasteiger partial charge in [-0.3, -0.25) is 9.98 Å². The summed E-state index contributed by atoms with van der Waals surface area (Å²) in [6.07, 6.45) is 0. The molecule has 6 heteroatoms. The molecule has 0 unspecified atom stereocenters. The third kappa shape index (κ3) is 7.52. The quantitative estimate of drug-likeness (QED) is 0.374. The van der Waals surface area contributed by atoms with Crippen molar-refractivity contribution < 1.29 is 41.9 Å². The van der Waals surface area contributed by atoms with E-state index in [1.165, 1.54) is 33.4 Å². The van der Waals surface area contributed by atoms with E-state index in [1.807, 2.05) is 32.0 Å². The molecule has 0 atom stereocenters. The standard InChI is InChI=1S/C27H31N3.2ClH.Fe/c1-16-12-18(3)26(19(4)13-16)28-22(7)24-10-9-11-25(30-24)23(8)29-27-20(5)14-17(2)15-21(27)6;;;/h9-15H,1-8H3;2*1H;/q;;;+2/p-2/b28-22+,29-23+;;;. The minimum atomic E-state index is 0. The molecule has 0 aliphatic rings. The monoisotopic (exact) mass is 523 g/mol. The Morgan fingerprint density at radius 3 is 1.21 bits per heavy atom.